The number of nitrogens with zero attached hydrogens (tertiary/aromatic N) is 1. The summed E-state index contributed by atoms with van der Waals surface area (Å²) in [6.45, 7) is 8.27. The molecule has 29 heavy (non-hydrogen) atoms. The lowest BCUT2D eigenvalue weighted by Crippen LogP contribution is -2.47. The van der Waals surface area contributed by atoms with Gasteiger partial charge in [0.1, 0.15) is 6.61 Å². The first-order valence-corrected chi connectivity index (χ1v) is 11.2. The van der Waals surface area contributed by atoms with E-state index >= 15 is 0 Å². The molecule has 1 heterocycles. The highest BCUT2D eigenvalue weighted by Gasteiger charge is 2.32. The highest BCUT2D eigenvalue weighted by atomic mass is 16.5. The Bertz CT molecular complexity index is 668. The van der Waals surface area contributed by atoms with Crippen molar-refractivity contribution in [3.05, 3.63) is 35.9 Å². The van der Waals surface area contributed by atoms with E-state index < -0.39 is 0 Å². The average molecular weight is 401 g/mol. The molecular weight excluding hydrogens is 364 g/mol. The summed E-state index contributed by atoms with van der Waals surface area (Å²) in [7, 11) is 0. The minimum Gasteiger partial charge on any atom is -0.368 e. The molecule has 0 spiro atoms. The zero-order valence-electron chi connectivity index (χ0n) is 18.1. The van der Waals surface area contributed by atoms with Gasteiger partial charge in [0, 0.05) is 24.7 Å². The number of carbonyl (C=O) groups excluding carboxylic acids is 2. The van der Waals surface area contributed by atoms with Crippen molar-refractivity contribution in [3.8, 4) is 0 Å². The number of rotatable bonds is 6. The van der Waals surface area contributed by atoms with Crippen LogP contribution in [0.4, 0.5) is 0 Å². The van der Waals surface area contributed by atoms with Gasteiger partial charge in [-0.15, -0.1) is 0 Å². The molecule has 160 valence electrons. The van der Waals surface area contributed by atoms with E-state index in [0.717, 1.165) is 24.8 Å². The molecule has 0 unspecified atom stereocenters. The van der Waals surface area contributed by atoms with Gasteiger partial charge in [0.15, 0.2) is 0 Å². The van der Waals surface area contributed by atoms with Crippen molar-refractivity contribution < 1.29 is 14.3 Å². The third-order valence-electron chi connectivity index (χ3n) is 6.56. The molecule has 0 aromatic heterocycles. The molecule has 1 saturated heterocycles. The highest BCUT2D eigenvalue weighted by Crippen LogP contribution is 2.35. The van der Waals surface area contributed by atoms with Gasteiger partial charge in [-0.1, -0.05) is 45.4 Å². The van der Waals surface area contributed by atoms with Gasteiger partial charge in [0.25, 0.3) is 5.91 Å². The number of nitrogens with one attached hydrogen (secondary N) is 1. The predicted molar refractivity (Wildman–Crippen MR) is 115 cm³/mol. The van der Waals surface area contributed by atoms with Crippen LogP contribution in [0.25, 0.3) is 0 Å². The van der Waals surface area contributed by atoms with E-state index in [1.807, 2.05) is 35.2 Å². The van der Waals surface area contributed by atoms with Crippen molar-refractivity contribution in [2.45, 2.75) is 65.0 Å². The molecule has 5 nitrogen and oxygen atoms in total. The number of carbonyl (C=O) groups is 2. The molecule has 0 bridgehead atoms. The Morgan fingerprint density at radius 3 is 2.45 bits per heavy atom. The van der Waals surface area contributed by atoms with Crippen LogP contribution in [0.5, 0.6) is 0 Å². The van der Waals surface area contributed by atoms with Crippen LogP contribution in [0.1, 0.15) is 63.2 Å². The number of hydrogen-bond acceptors (Lipinski definition) is 3. The van der Waals surface area contributed by atoms with Crippen LogP contribution in [-0.4, -0.2) is 48.6 Å². The molecule has 1 aliphatic carbocycles. The molecule has 2 aliphatic rings. The third kappa shape index (κ3) is 6.05. The zero-order valence-corrected chi connectivity index (χ0v) is 18.1. The van der Waals surface area contributed by atoms with Gasteiger partial charge in [-0.3, -0.25) is 9.59 Å². The summed E-state index contributed by atoms with van der Waals surface area (Å²) in [4.78, 5) is 26.8. The second-order valence-corrected chi connectivity index (χ2v) is 9.18. The lowest BCUT2D eigenvalue weighted by atomic mass is 9.75. The first-order chi connectivity index (χ1) is 13.9. The van der Waals surface area contributed by atoms with Crippen molar-refractivity contribution >= 4 is 11.8 Å². The summed E-state index contributed by atoms with van der Waals surface area (Å²) < 4.78 is 6.07. The maximum absolute atomic E-state index is 12.5. The Balaban J connectivity index is 1.41. The topological polar surface area (TPSA) is 58.6 Å². The van der Waals surface area contributed by atoms with E-state index in [0.29, 0.717) is 30.8 Å². The molecule has 1 N–H and O–H groups in total. The molecule has 1 aliphatic heterocycles. The third-order valence-corrected chi connectivity index (χ3v) is 6.56. The van der Waals surface area contributed by atoms with Gasteiger partial charge >= 0.3 is 0 Å². The van der Waals surface area contributed by atoms with E-state index in [9.17, 15) is 9.59 Å². The van der Waals surface area contributed by atoms with E-state index in [1.54, 1.807) is 0 Å². The number of benzene rings is 1. The molecule has 3 rings (SSSR count). The maximum atomic E-state index is 12.5. The van der Waals surface area contributed by atoms with E-state index in [-0.39, 0.29) is 30.6 Å². The lowest BCUT2D eigenvalue weighted by Gasteiger charge is -2.37. The number of likely N-dealkylation sites (tertiary alicyclic amines) is 1. The second-order valence-electron chi connectivity index (χ2n) is 9.18. The molecular formula is C24H36N2O3. The number of ether oxygens (including phenoxy) is 1. The first-order valence-electron chi connectivity index (χ1n) is 11.2. The summed E-state index contributed by atoms with van der Waals surface area (Å²) in [5.41, 5.74) is 0.727. The number of piperidine rings is 1. The molecule has 2 amide bonds. The molecule has 1 aromatic carbocycles. The normalized spacial score (nSPS) is 25.8. The molecule has 3 atom stereocenters. The van der Waals surface area contributed by atoms with Crippen LogP contribution in [0, 0.1) is 17.8 Å². The van der Waals surface area contributed by atoms with Crippen LogP contribution in [0.15, 0.2) is 30.3 Å². The summed E-state index contributed by atoms with van der Waals surface area (Å²) in [6, 6.07) is 9.51. The molecule has 0 radical (unpaired) electrons. The Labute approximate surface area is 175 Å². The Hall–Kier alpha value is -1.88. The summed E-state index contributed by atoms with van der Waals surface area (Å²) in [6.07, 6.45) is 5.28. The van der Waals surface area contributed by atoms with Gasteiger partial charge < -0.3 is 15.0 Å². The van der Waals surface area contributed by atoms with Gasteiger partial charge in [-0.25, -0.2) is 0 Å². The van der Waals surface area contributed by atoms with Crippen molar-refractivity contribution in [1.29, 1.82) is 0 Å². The first kappa shape index (κ1) is 21.8. The van der Waals surface area contributed by atoms with Gasteiger partial charge in [-0.2, -0.15) is 0 Å². The summed E-state index contributed by atoms with van der Waals surface area (Å²) in [5, 5.41) is 3.11. The summed E-state index contributed by atoms with van der Waals surface area (Å²) >= 11 is 0. The van der Waals surface area contributed by atoms with Crippen molar-refractivity contribution in [1.82, 2.24) is 10.2 Å². The van der Waals surface area contributed by atoms with Crippen LogP contribution in [0.3, 0.4) is 0 Å². The van der Waals surface area contributed by atoms with Crippen LogP contribution < -0.4 is 5.32 Å². The van der Waals surface area contributed by atoms with E-state index in [2.05, 4.69) is 26.1 Å². The van der Waals surface area contributed by atoms with Crippen molar-refractivity contribution in [3.63, 3.8) is 0 Å². The van der Waals surface area contributed by atoms with Crippen molar-refractivity contribution in [2.75, 3.05) is 19.7 Å². The van der Waals surface area contributed by atoms with Crippen LogP contribution in [-0.2, 0) is 9.53 Å². The molecule has 1 aromatic rings. The predicted octanol–water partition coefficient (Wildman–Crippen LogP) is 3.88. The van der Waals surface area contributed by atoms with Crippen LogP contribution in [0.2, 0.25) is 0 Å². The number of hydrogen-bond donors (Lipinski definition) is 1. The molecule has 1 saturated carbocycles. The Morgan fingerprint density at radius 2 is 1.79 bits per heavy atom. The van der Waals surface area contributed by atoms with E-state index in [4.69, 9.17) is 4.74 Å². The zero-order chi connectivity index (χ0) is 20.8. The quantitative estimate of drug-likeness (QED) is 0.788. The van der Waals surface area contributed by atoms with Crippen molar-refractivity contribution in [2.24, 2.45) is 17.8 Å². The van der Waals surface area contributed by atoms with Gasteiger partial charge in [0.2, 0.25) is 5.91 Å². The fraction of sp³-hybridized carbons (Fsp3) is 0.667. The minimum atomic E-state index is -0.0291. The standard InChI is InChI=1S/C24H36N2O3/c1-17(2)21-10-9-18(3)15-22(21)29-16-23(27)25-20-11-13-26(14-12-20)24(28)19-7-5-4-6-8-19/h4-8,17-18,20-22H,9-16H2,1-3H3,(H,25,27)/t18-,21-,22-/m1/s1. The molecule has 2 fully saturated rings. The van der Waals surface area contributed by atoms with Gasteiger partial charge in [0.05, 0.1) is 6.10 Å². The average Bonchev–Trinajstić information content (AvgIpc) is 2.73. The Morgan fingerprint density at radius 1 is 1.10 bits per heavy atom. The largest absolute Gasteiger partial charge is 0.368 e. The fourth-order valence-electron chi connectivity index (χ4n) is 4.75. The maximum Gasteiger partial charge on any atom is 0.253 e. The van der Waals surface area contributed by atoms with Crippen LogP contribution >= 0.6 is 0 Å². The summed E-state index contributed by atoms with van der Waals surface area (Å²) in [5.74, 6) is 1.85. The minimum absolute atomic E-state index is 0.0291. The second kappa shape index (κ2) is 10.2. The van der Waals surface area contributed by atoms with Gasteiger partial charge in [-0.05, 0) is 55.6 Å². The lowest BCUT2D eigenvalue weighted by molar-refractivity contribution is -0.132. The van der Waals surface area contributed by atoms with E-state index in [1.165, 1.54) is 12.8 Å². The molecule has 5 heteroatoms. The number of amides is 2. The fourth-order valence-corrected chi connectivity index (χ4v) is 4.75. The highest BCUT2D eigenvalue weighted by molar-refractivity contribution is 5.94. The Kier molecular flexibility index (Phi) is 7.70. The smallest absolute Gasteiger partial charge is 0.253 e. The monoisotopic (exact) mass is 400 g/mol. The SMILES string of the molecule is CC(C)[C@H]1CC[C@@H](C)C[C@H]1OCC(=O)NC1CCN(C(=O)c2ccccc2)CC1.